The molecule has 4 rings (SSSR count). The summed E-state index contributed by atoms with van der Waals surface area (Å²) in [6.45, 7) is 3.90. The van der Waals surface area contributed by atoms with Crippen molar-refractivity contribution in [2.75, 3.05) is 0 Å². The Morgan fingerprint density at radius 2 is 1.51 bits per heavy atom. The maximum absolute atomic E-state index is 13.2. The minimum Gasteiger partial charge on any atom is -0.487 e. The van der Waals surface area contributed by atoms with Crippen molar-refractivity contribution in [3.8, 4) is 11.5 Å². The van der Waals surface area contributed by atoms with E-state index in [1.165, 1.54) is 12.1 Å². The van der Waals surface area contributed by atoms with Crippen LogP contribution in [0.3, 0.4) is 0 Å². The normalized spacial score (nSPS) is 12.5. The van der Waals surface area contributed by atoms with Gasteiger partial charge in [-0.1, -0.05) is 68.4 Å². The van der Waals surface area contributed by atoms with Gasteiger partial charge in [0.05, 0.1) is 11.2 Å². The fraction of sp³-hybridized carbons (Fsp3) is 0.250. The Hall–Kier alpha value is -3.59. The van der Waals surface area contributed by atoms with Crippen molar-refractivity contribution in [2.24, 2.45) is 0 Å². The summed E-state index contributed by atoms with van der Waals surface area (Å²) in [7, 11) is -5.87. The van der Waals surface area contributed by atoms with Gasteiger partial charge in [-0.25, -0.2) is 4.98 Å². The fourth-order valence-corrected chi connectivity index (χ4v) is 4.98. The molecule has 5 nitrogen and oxygen atoms in total. The number of halogens is 3. The average Bonchev–Trinajstić information content (AvgIpc) is 2.89. The first kappa shape index (κ1) is 26.5. The number of ether oxygens (including phenoxy) is 1. The number of fused-ring (bicyclic) bond motifs is 1. The SMILES string of the molecule is CCC(CC)(c1ccccc1)c1cc(OCc2ccc3ccccc3n2)ccc1OS(=O)(=O)C(F)(F)F. The van der Waals surface area contributed by atoms with Crippen LogP contribution in [0.25, 0.3) is 10.9 Å². The molecule has 194 valence electrons. The largest absolute Gasteiger partial charge is 0.534 e. The molecule has 0 unspecified atom stereocenters. The topological polar surface area (TPSA) is 65.5 Å². The third kappa shape index (κ3) is 5.41. The molecule has 37 heavy (non-hydrogen) atoms. The zero-order valence-corrected chi connectivity index (χ0v) is 21.1. The lowest BCUT2D eigenvalue weighted by Crippen LogP contribution is -2.31. The molecule has 0 fully saturated rings. The molecule has 0 aliphatic rings. The highest BCUT2D eigenvalue weighted by Crippen LogP contribution is 2.45. The number of pyridine rings is 1. The molecule has 0 atom stereocenters. The van der Waals surface area contributed by atoms with E-state index in [4.69, 9.17) is 4.74 Å². The molecule has 1 aromatic heterocycles. The first-order valence-corrected chi connectivity index (χ1v) is 13.2. The van der Waals surface area contributed by atoms with E-state index in [0.29, 0.717) is 29.8 Å². The lowest BCUT2D eigenvalue weighted by atomic mass is 9.70. The Labute approximate surface area is 214 Å². The lowest BCUT2D eigenvalue weighted by Gasteiger charge is -2.34. The van der Waals surface area contributed by atoms with Gasteiger partial charge in [0.2, 0.25) is 0 Å². The van der Waals surface area contributed by atoms with Crippen molar-refractivity contribution in [3.63, 3.8) is 0 Å². The van der Waals surface area contributed by atoms with Gasteiger partial charge in [-0.2, -0.15) is 21.6 Å². The van der Waals surface area contributed by atoms with Crippen molar-refractivity contribution in [3.05, 3.63) is 102 Å². The Bertz CT molecular complexity index is 1480. The fourth-order valence-electron chi connectivity index (χ4n) is 4.51. The van der Waals surface area contributed by atoms with Crippen molar-refractivity contribution < 1.29 is 30.5 Å². The molecule has 3 aromatic carbocycles. The van der Waals surface area contributed by atoms with Crippen LogP contribution in [0.15, 0.2) is 84.9 Å². The number of benzene rings is 3. The van der Waals surface area contributed by atoms with Gasteiger partial charge in [0.25, 0.3) is 0 Å². The Balaban J connectivity index is 1.76. The summed E-state index contributed by atoms with van der Waals surface area (Å²) in [6, 6.07) is 24.8. The van der Waals surface area contributed by atoms with E-state index in [1.807, 2.05) is 80.6 Å². The van der Waals surface area contributed by atoms with E-state index < -0.39 is 21.0 Å². The highest BCUT2D eigenvalue weighted by Gasteiger charge is 2.49. The van der Waals surface area contributed by atoms with Gasteiger partial charge in [-0.05, 0) is 48.7 Å². The summed E-state index contributed by atoms with van der Waals surface area (Å²) >= 11 is 0. The zero-order valence-electron chi connectivity index (χ0n) is 20.3. The van der Waals surface area contributed by atoms with Crippen molar-refractivity contribution in [1.82, 2.24) is 4.98 Å². The Morgan fingerprint density at radius 3 is 2.19 bits per heavy atom. The maximum atomic E-state index is 13.2. The van der Waals surface area contributed by atoms with Gasteiger partial charge in [0.15, 0.2) is 0 Å². The molecule has 4 aromatic rings. The highest BCUT2D eigenvalue weighted by molar-refractivity contribution is 7.88. The summed E-state index contributed by atoms with van der Waals surface area (Å²) in [6.07, 6.45) is 0.956. The number of alkyl halides is 3. The minimum absolute atomic E-state index is 0.113. The van der Waals surface area contributed by atoms with Crippen molar-refractivity contribution >= 4 is 21.0 Å². The third-order valence-electron chi connectivity index (χ3n) is 6.53. The Morgan fingerprint density at radius 1 is 0.838 bits per heavy atom. The number of nitrogens with zero attached hydrogens (tertiary/aromatic N) is 1. The molecule has 0 saturated heterocycles. The van der Waals surface area contributed by atoms with Gasteiger partial charge < -0.3 is 8.92 Å². The number of hydrogen-bond donors (Lipinski definition) is 0. The van der Waals surface area contributed by atoms with Crippen LogP contribution in [0.4, 0.5) is 13.2 Å². The minimum atomic E-state index is -5.87. The van der Waals surface area contributed by atoms with Crippen molar-refractivity contribution in [1.29, 1.82) is 0 Å². The summed E-state index contributed by atoms with van der Waals surface area (Å²) in [5, 5.41) is 0.986. The van der Waals surface area contributed by atoms with Gasteiger partial charge in [-0.3, -0.25) is 0 Å². The summed E-state index contributed by atoms with van der Waals surface area (Å²) in [4.78, 5) is 4.58. The average molecular weight is 530 g/mol. The van der Waals surface area contributed by atoms with E-state index in [1.54, 1.807) is 6.07 Å². The van der Waals surface area contributed by atoms with Crippen LogP contribution in [-0.2, 0) is 22.1 Å². The molecule has 9 heteroatoms. The number of aromatic nitrogens is 1. The number of para-hydroxylation sites is 1. The molecule has 0 saturated carbocycles. The Kier molecular flexibility index (Phi) is 7.45. The van der Waals surface area contributed by atoms with E-state index in [2.05, 4.69) is 9.17 Å². The molecule has 0 amide bonds. The summed E-state index contributed by atoms with van der Waals surface area (Å²) in [5.41, 5.74) is -3.79. The standard InChI is InChI=1S/C28H26F3NO4S/c1-3-27(4-2,21-11-6-5-7-12-21)24-18-23(16-17-26(24)36-37(33,34)28(29,30)31)35-19-22-15-14-20-10-8-9-13-25(20)32-22/h5-18H,3-4,19H2,1-2H3. The lowest BCUT2D eigenvalue weighted by molar-refractivity contribution is -0.0500. The molecule has 0 spiro atoms. The first-order valence-electron chi connectivity index (χ1n) is 11.8. The number of rotatable bonds is 9. The monoisotopic (exact) mass is 529 g/mol. The van der Waals surface area contributed by atoms with Gasteiger partial charge in [-0.15, -0.1) is 0 Å². The maximum Gasteiger partial charge on any atom is 0.534 e. The van der Waals surface area contributed by atoms with E-state index >= 15 is 0 Å². The van der Waals surface area contributed by atoms with Crippen LogP contribution >= 0.6 is 0 Å². The highest BCUT2D eigenvalue weighted by atomic mass is 32.2. The van der Waals surface area contributed by atoms with Crippen LogP contribution < -0.4 is 8.92 Å². The predicted octanol–water partition coefficient (Wildman–Crippen LogP) is 7.15. The molecular weight excluding hydrogens is 503 g/mol. The molecule has 1 heterocycles. The first-order chi connectivity index (χ1) is 17.6. The summed E-state index contributed by atoms with van der Waals surface area (Å²) < 4.78 is 74.1. The van der Waals surface area contributed by atoms with Crippen LogP contribution in [0.1, 0.15) is 43.5 Å². The van der Waals surface area contributed by atoms with Crippen LogP contribution in [-0.4, -0.2) is 18.9 Å². The predicted molar refractivity (Wildman–Crippen MR) is 136 cm³/mol. The second-order valence-corrected chi connectivity index (χ2v) is 10.1. The van der Waals surface area contributed by atoms with E-state index in [9.17, 15) is 21.6 Å². The number of hydrogen-bond acceptors (Lipinski definition) is 5. The smallest absolute Gasteiger partial charge is 0.487 e. The van der Waals surface area contributed by atoms with E-state index in [-0.39, 0.29) is 12.4 Å². The second kappa shape index (κ2) is 10.4. The molecular formula is C28H26F3NO4S. The van der Waals surface area contributed by atoms with Crippen LogP contribution in [0, 0.1) is 0 Å². The van der Waals surface area contributed by atoms with Gasteiger partial charge in [0, 0.05) is 16.4 Å². The van der Waals surface area contributed by atoms with Crippen LogP contribution in [0.2, 0.25) is 0 Å². The molecule has 0 bridgehead atoms. The van der Waals surface area contributed by atoms with Crippen LogP contribution in [0.5, 0.6) is 11.5 Å². The van der Waals surface area contributed by atoms with Gasteiger partial charge in [0.1, 0.15) is 18.1 Å². The molecule has 0 aliphatic carbocycles. The molecule has 0 radical (unpaired) electrons. The second-order valence-electron chi connectivity index (χ2n) is 8.58. The zero-order chi connectivity index (χ0) is 26.7. The van der Waals surface area contributed by atoms with Gasteiger partial charge >= 0.3 is 15.6 Å². The quantitative estimate of drug-likeness (QED) is 0.170. The third-order valence-corrected chi connectivity index (χ3v) is 7.49. The van der Waals surface area contributed by atoms with E-state index in [0.717, 1.165) is 16.5 Å². The molecule has 0 aliphatic heterocycles. The molecule has 0 N–H and O–H groups in total. The van der Waals surface area contributed by atoms with Crippen molar-refractivity contribution in [2.45, 2.75) is 44.2 Å². The summed E-state index contributed by atoms with van der Waals surface area (Å²) in [5.74, 6) is -0.0371.